The zero-order valence-corrected chi connectivity index (χ0v) is 13.5. The van der Waals surface area contributed by atoms with Gasteiger partial charge in [-0.3, -0.25) is 0 Å². The zero-order chi connectivity index (χ0) is 13.2. The average molecular weight is 284 g/mol. The number of rotatable bonds is 3. The van der Waals surface area contributed by atoms with Crippen molar-refractivity contribution in [2.24, 2.45) is 0 Å². The van der Waals surface area contributed by atoms with Gasteiger partial charge >= 0.3 is 34.0 Å². The molecule has 0 spiro atoms. The van der Waals surface area contributed by atoms with Crippen molar-refractivity contribution in [1.29, 1.82) is 0 Å². The van der Waals surface area contributed by atoms with E-state index in [0.717, 1.165) is 0 Å². The first-order valence-corrected chi connectivity index (χ1v) is 7.23. The van der Waals surface area contributed by atoms with E-state index in [1.54, 1.807) is 0 Å². The first-order chi connectivity index (χ1) is 6.79. The van der Waals surface area contributed by atoms with Crippen molar-refractivity contribution < 1.29 is 11.4 Å². The Hall–Kier alpha value is 1.54. The van der Waals surface area contributed by atoms with Crippen molar-refractivity contribution in [2.75, 3.05) is 0 Å². The molecule has 0 aromatic carbocycles. The molecule has 0 aliphatic heterocycles. The summed E-state index contributed by atoms with van der Waals surface area (Å²) in [5.74, 6) is 0. The van der Waals surface area contributed by atoms with Crippen molar-refractivity contribution in [2.45, 2.75) is 79.1 Å². The van der Waals surface area contributed by atoms with Crippen molar-refractivity contribution in [3.8, 4) is 0 Å². The second-order valence-electron chi connectivity index (χ2n) is 6.98. The second-order valence-corrected chi connectivity index (χ2v) is 8.26. The molecular formula is C12H31Al2LiO3. The van der Waals surface area contributed by atoms with Gasteiger partial charge in [0.2, 0.25) is 0 Å². The van der Waals surface area contributed by atoms with Gasteiger partial charge in [-0.1, -0.05) is 0 Å². The van der Waals surface area contributed by atoms with Gasteiger partial charge in [-0.2, -0.15) is 0 Å². The van der Waals surface area contributed by atoms with Crippen LogP contribution in [0.25, 0.3) is 0 Å². The molecule has 0 saturated carbocycles. The maximum absolute atomic E-state index is 5.88. The van der Waals surface area contributed by atoms with Gasteiger partial charge in [0.1, 0.15) is 0 Å². The Morgan fingerprint density at radius 2 is 0.722 bits per heavy atom. The third kappa shape index (κ3) is 17.5. The molecule has 0 aromatic heterocycles. The molecule has 0 atom stereocenters. The predicted molar refractivity (Wildman–Crippen MR) is 85.4 cm³/mol. The van der Waals surface area contributed by atoms with Crippen LogP contribution in [0.4, 0.5) is 0 Å². The summed E-state index contributed by atoms with van der Waals surface area (Å²) in [6.45, 7) is 18.2. The number of hydrogen-bond acceptors (Lipinski definition) is 3. The molecule has 0 aliphatic rings. The molecule has 104 valence electrons. The van der Waals surface area contributed by atoms with Crippen molar-refractivity contribution in [1.82, 2.24) is 0 Å². The summed E-state index contributed by atoms with van der Waals surface area (Å²) in [6.07, 6.45) is 0. The van der Waals surface area contributed by atoms with Crippen LogP contribution in [0.5, 0.6) is 0 Å². The van der Waals surface area contributed by atoms with E-state index in [0.29, 0.717) is 0 Å². The maximum atomic E-state index is 5.88. The van der Waals surface area contributed by atoms with Crippen LogP contribution in [-0.4, -0.2) is 68.2 Å². The minimum atomic E-state index is -2.11. The first kappa shape index (κ1) is 24.6. The second kappa shape index (κ2) is 8.75. The van der Waals surface area contributed by atoms with Crippen LogP contribution in [0.3, 0.4) is 0 Å². The van der Waals surface area contributed by atoms with Crippen LogP contribution in [0.15, 0.2) is 0 Å². The summed E-state index contributed by atoms with van der Waals surface area (Å²) in [5.41, 5.74) is -0.686. The Bertz CT molecular complexity index is 179. The van der Waals surface area contributed by atoms with Crippen molar-refractivity contribution in [3.63, 3.8) is 0 Å². The van der Waals surface area contributed by atoms with Crippen LogP contribution in [0, 0.1) is 0 Å². The fourth-order valence-corrected chi connectivity index (χ4v) is 2.81. The molecular weight excluding hydrogens is 253 g/mol. The molecule has 18 heavy (non-hydrogen) atoms. The molecule has 0 aliphatic carbocycles. The molecule has 0 heterocycles. The Morgan fingerprint density at radius 3 is 0.833 bits per heavy atom. The minimum absolute atomic E-state index is 0. The van der Waals surface area contributed by atoms with E-state index in [1.165, 1.54) is 0 Å². The van der Waals surface area contributed by atoms with E-state index in [1.807, 2.05) is 62.3 Å². The normalized spacial score (nSPS) is 12.5. The molecule has 3 nitrogen and oxygen atoms in total. The van der Waals surface area contributed by atoms with Gasteiger partial charge in [0.05, 0.1) is 0 Å². The van der Waals surface area contributed by atoms with Crippen LogP contribution < -0.4 is 0 Å². The third-order valence-corrected chi connectivity index (χ3v) is 4.05. The van der Waals surface area contributed by atoms with Gasteiger partial charge < -0.3 is 11.4 Å². The molecule has 0 fully saturated rings. The van der Waals surface area contributed by atoms with Gasteiger partial charge in [-0.05, 0) is 62.3 Å². The molecule has 0 saturated heterocycles. The van der Waals surface area contributed by atoms with E-state index in [-0.39, 0.29) is 53.0 Å². The van der Waals surface area contributed by atoms with Gasteiger partial charge in [0.25, 0.3) is 0 Å². The molecule has 0 N–H and O–H groups in total. The van der Waals surface area contributed by atoms with E-state index in [2.05, 4.69) is 0 Å². The molecule has 0 amide bonds. The van der Waals surface area contributed by atoms with Gasteiger partial charge in [-0.15, -0.1) is 0 Å². The van der Waals surface area contributed by atoms with Crippen molar-refractivity contribution in [3.05, 3.63) is 0 Å². The summed E-state index contributed by atoms with van der Waals surface area (Å²) in [6, 6.07) is 0. The first-order valence-electron chi connectivity index (χ1n) is 5.82. The van der Waals surface area contributed by atoms with E-state index >= 15 is 0 Å². The summed E-state index contributed by atoms with van der Waals surface area (Å²) in [7, 11) is 0. The molecule has 0 rings (SSSR count). The SMILES string of the molecule is CC(C)(C)[O][Al]([O]C(C)(C)C)[O]C(C)(C)C.[AlH3].[LiH]. The predicted octanol–water partition coefficient (Wildman–Crippen LogP) is 1.58. The quantitative estimate of drug-likeness (QED) is 0.737. The Morgan fingerprint density at radius 1 is 0.556 bits per heavy atom. The topological polar surface area (TPSA) is 27.7 Å². The summed E-state index contributed by atoms with van der Waals surface area (Å²) in [4.78, 5) is 0. The molecule has 0 bridgehead atoms. The van der Waals surface area contributed by atoms with Gasteiger partial charge in [0.15, 0.2) is 17.4 Å². The standard InChI is InChI=1S/3C4H9O.2Al.Li.4H/c3*1-4(2,3)5;;;;;;;/h3*1-3H3;;;;;;;/q3*-1;;+3;;;;;. The van der Waals surface area contributed by atoms with Crippen LogP contribution in [0.2, 0.25) is 0 Å². The van der Waals surface area contributed by atoms with Crippen LogP contribution >= 0.6 is 0 Å². The number of hydrogen-bond donors (Lipinski definition) is 0. The average Bonchev–Trinajstić information content (AvgIpc) is 1.70. The Kier molecular flexibility index (Phi) is 11.9. The van der Waals surface area contributed by atoms with E-state index in [4.69, 9.17) is 11.4 Å². The molecule has 6 heteroatoms. The van der Waals surface area contributed by atoms with E-state index < -0.39 is 15.1 Å². The Balaban J connectivity index is -0.00000112. The van der Waals surface area contributed by atoms with E-state index in [9.17, 15) is 0 Å². The van der Waals surface area contributed by atoms with Crippen LogP contribution in [-0.2, 0) is 11.4 Å². The van der Waals surface area contributed by atoms with Gasteiger partial charge in [-0.25, -0.2) is 0 Å². The zero-order valence-electron chi connectivity index (χ0n) is 12.3. The summed E-state index contributed by atoms with van der Waals surface area (Å²) in [5, 5.41) is 0. The third-order valence-electron chi connectivity index (χ3n) is 1.35. The van der Waals surface area contributed by atoms with Crippen molar-refractivity contribution >= 4 is 51.4 Å². The molecule has 0 radical (unpaired) electrons. The summed E-state index contributed by atoms with van der Waals surface area (Å²) >= 11 is -2.11. The Labute approximate surface area is 141 Å². The monoisotopic (exact) mass is 284 g/mol. The fourth-order valence-electron chi connectivity index (χ4n) is 0.938. The fraction of sp³-hybridized carbons (Fsp3) is 1.00. The molecule has 0 aromatic rings. The van der Waals surface area contributed by atoms with Gasteiger partial charge in [0, 0.05) is 16.8 Å². The van der Waals surface area contributed by atoms with Crippen LogP contribution in [0.1, 0.15) is 62.3 Å². The molecule has 0 unspecified atom stereocenters. The summed E-state index contributed by atoms with van der Waals surface area (Å²) < 4.78 is 17.7.